The molecule has 0 aromatic heterocycles. The Bertz CT molecular complexity index is 440. The molecule has 16 heavy (non-hydrogen) atoms. The first-order valence-corrected chi connectivity index (χ1v) is 5.14. The van der Waals surface area contributed by atoms with Gasteiger partial charge in [0.25, 0.3) is 0 Å². The second kappa shape index (κ2) is 4.35. The number of benzene rings is 1. The average Bonchev–Trinajstić information content (AvgIpc) is 2.65. The van der Waals surface area contributed by atoms with Crippen LogP contribution in [-0.4, -0.2) is 29.6 Å². The summed E-state index contributed by atoms with van der Waals surface area (Å²) in [6, 6.07) is 7.55. The molecule has 1 N–H and O–H groups in total. The molecule has 1 aliphatic heterocycles. The molecule has 0 fully saturated rings. The molecule has 1 heterocycles. The predicted molar refractivity (Wildman–Crippen MR) is 59.7 cm³/mol. The van der Waals surface area contributed by atoms with Crippen molar-refractivity contribution >= 4 is 11.9 Å². The van der Waals surface area contributed by atoms with Crippen LogP contribution in [-0.2, 0) is 9.53 Å². The number of hydrogen-bond donors (Lipinski definition) is 1. The summed E-state index contributed by atoms with van der Waals surface area (Å²) >= 11 is 0. The van der Waals surface area contributed by atoms with E-state index in [1.165, 1.54) is 0 Å². The van der Waals surface area contributed by atoms with Crippen LogP contribution in [0.2, 0.25) is 0 Å². The summed E-state index contributed by atoms with van der Waals surface area (Å²) in [5.41, 5.74) is 2.04. The van der Waals surface area contributed by atoms with Crippen LogP contribution in [0.1, 0.15) is 17.5 Å². The molecule has 1 atom stereocenters. The van der Waals surface area contributed by atoms with Crippen molar-refractivity contribution in [3.63, 3.8) is 0 Å². The minimum Gasteiger partial charge on any atom is -0.481 e. The number of ether oxygens (including phenoxy) is 1. The third-order valence-corrected chi connectivity index (χ3v) is 2.39. The summed E-state index contributed by atoms with van der Waals surface area (Å²) in [6.45, 7) is 2.35. The Morgan fingerprint density at radius 3 is 3.12 bits per heavy atom. The molecule has 0 radical (unpaired) electrons. The second-order valence-corrected chi connectivity index (χ2v) is 3.87. The highest BCUT2D eigenvalue weighted by molar-refractivity contribution is 5.95. The molecule has 4 nitrogen and oxygen atoms in total. The van der Waals surface area contributed by atoms with Gasteiger partial charge in [-0.3, -0.25) is 4.79 Å². The van der Waals surface area contributed by atoms with E-state index < -0.39 is 5.97 Å². The van der Waals surface area contributed by atoms with Crippen molar-refractivity contribution in [1.82, 2.24) is 0 Å². The van der Waals surface area contributed by atoms with Crippen molar-refractivity contribution in [1.29, 1.82) is 0 Å². The van der Waals surface area contributed by atoms with Gasteiger partial charge < -0.3 is 9.84 Å². The molecule has 1 aliphatic rings. The van der Waals surface area contributed by atoms with E-state index in [0.717, 1.165) is 11.1 Å². The molecule has 2 rings (SSSR count). The molecule has 0 saturated heterocycles. The number of carboxylic acids is 1. The number of aliphatic carboxylic acids is 1. The van der Waals surface area contributed by atoms with E-state index in [4.69, 9.17) is 9.84 Å². The van der Waals surface area contributed by atoms with Crippen molar-refractivity contribution in [2.75, 3.05) is 6.61 Å². The standard InChI is InChI=1S/C12H13NO3/c1-8-3-2-4-9(5-8)12-13-10(7-16-12)6-11(14)15/h2-5,10H,6-7H2,1H3,(H,14,15). The topological polar surface area (TPSA) is 58.9 Å². The third kappa shape index (κ3) is 2.39. The number of rotatable bonds is 3. The van der Waals surface area contributed by atoms with Gasteiger partial charge in [0.1, 0.15) is 6.61 Å². The Labute approximate surface area is 93.6 Å². The quantitative estimate of drug-likeness (QED) is 0.840. The average molecular weight is 219 g/mol. The van der Waals surface area contributed by atoms with Gasteiger partial charge in [-0.15, -0.1) is 0 Å². The van der Waals surface area contributed by atoms with Gasteiger partial charge in [-0.05, 0) is 19.1 Å². The van der Waals surface area contributed by atoms with E-state index >= 15 is 0 Å². The fourth-order valence-corrected chi connectivity index (χ4v) is 1.66. The molecule has 1 aromatic rings. The van der Waals surface area contributed by atoms with Crippen molar-refractivity contribution in [3.8, 4) is 0 Å². The number of hydrogen-bond acceptors (Lipinski definition) is 3. The Morgan fingerprint density at radius 2 is 2.44 bits per heavy atom. The third-order valence-electron chi connectivity index (χ3n) is 2.39. The van der Waals surface area contributed by atoms with Crippen LogP contribution in [0.25, 0.3) is 0 Å². The van der Waals surface area contributed by atoms with E-state index in [2.05, 4.69) is 4.99 Å². The van der Waals surface area contributed by atoms with Crippen LogP contribution >= 0.6 is 0 Å². The van der Waals surface area contributed by atoms with Gasteiger partial charge in [0.05, 0.1) is 12.5 Å². The molecule has 1 aromatic carbocycles. The summed E-state index contributed by atoms with van der Waals surface area (Å²) in [7, 11) is 0. The lowest BCUT2D eigenvalue weighted by molar-refractivity contribution is -0.137. The van der Waals surface area contributed by atoms with Crippen LogP contribution < -0.4 is 0 Å². The maximum absolute atomic E-state index is 10.5. The van der Waals surface area contributed by atoms with Crippen molar-refractivity contribution in [2.24, 2.45) is 4.99 Å². The van der Waals surface area contributed by atoms with Gasteiger partial charge in [-0.25, -0.2) is 4.99 Å². The normalized spacial score (nSPS) is 19.1. The van der Waals surface area contributed by atoms with Crippen LogP contribution in [0.3, 0.4) is 0 Å². The molecule has 0 aliphatic carbocycles. The van der Waals surface area contributed by atoms with Gasteiger partial charge in [0, 0.05) is 5.56 Å². The lowest BCUT2D eigenvalue weighted by Crippen LogP contribution is -2.12. The van der Waals surface area contributed by atoms with Crippen LogP contribution in [0.5, 0.6) is 0 Å². The smallest absolute Gasteiger partial charge is 0.305 e. The van der Waals surface area contributed by atoms with E-state index in [1.54, 1.807) is 0 Å². The molecule has 0 amide bonds. The first-order chi connectivity index (χ1) is 7.65. The first kappa shape index (κ1) is 10.7. The van der Waals surface area contributed by atoms with Gasteiger partial charge >= 0.3 is 5.97 Å². The molecular formula is C12H13NO3. The molecule has 0 spiro atoms. The van der Waals surface area contributed by atoms with Crippen LogP contribution in [0.4, 0.5) is 0 Å². The Kier molecular flexibility index (Phi) is 2.90. The minimum atomic E-state index is -0.845. The van der Waals surface area contributed by atoms with Gasteiger partial charge in [0.2, 0.25) is 5.90 Å². The Balaban J connectivity index is 2.14. The minimum absolute atomic E-state index is 0.0231. The highest BCUT2D eigenvalue weighted by atomic mass is 16.5. The monoisotopic (exact) mass is 219 g/mol. The Hall–Kier alpha value is -1.84. The first-order valence-electron chi connectivity index (χ1n) is 5.14. The summed E-state index contributed by atoms with van der Waals surface area (Å²) < 4.78 is 5.39. The molecule has 4 heteroatoms. The van der Waals surface area contributed by atoms with Gasteiger partial charge in [-0.2, -0.15) is 0 Å². The lowest BCUT2D eigenvalue weighted by atomic mass is 10.1. The SMILES string of the molecule is Cc1cccc(C2=NC(CC(=O)O)CO2)c1. The van der Waals surface area contributed by atoms with Crippen LogP contribution in [0.15, 0.2) is 29.3 Å². The summed E-state index contributed by atoms with van der Waals surface area (Å²) in [5, 5.41) is 8.65. The largest absolute Gasteiger partial charge is 0.481 e. The molecular weight excluding hydrogens is 206 g/mol. The zero-order valence-corrected chi connectivity index (χ0v) is 9.01. The molecule has 84 valence electrons. The van der Waals surface area contributed by atoms with Gasteiger partial charge in [0.15, 0.2) is 0 Å². The number of aliphatic imine (C=N–C) groups is 1. The number of nitrogens with zero attached hydrogens (tertiary/aromatic N) is 1. The second-order valence-electron chi connectivity index (χ2n) is 3.87. The molecule has 0 saturated carbocycles. The number of carboxylic acid groups (broad SMARTS) is 1. The van der Waals surface area contributed by atoms with Gasteiger partial charge in [-0.1, -0.05) is 17.7 Å². The summed E-state index contributed by atoms with van der Waals surface area (Å²) in [6.07, 6.45) is 0.0231. The predicted octanol–water partition coefficient (Wildman–Crippen LogP) is 1.62. The Morgan fingerprint density at radius 1 is 1.62 bits per heavy atom. The highest BCUT2D eigenvalue weighted by Gasteiger charge is 2.22. The zero-order chi connectivity index (χ0) is 11.5. The maximum atomic E-state index is 10.5. The van der Waals surface area contributed by atoms with E-state index in [9.17, 15) is 4.79 Å². The number of carbonyl (C=O) groups is 1. The number of aryl methyl sites for hydroxylation is 1. The maximum Gasteiger partial charge on any atom is 0.305 e. The summed E-state index contributed by atoms with van der Waals surface area (Å²) in [4.78, 5) is 14.8. The zero-order valence-electron chi connectivity index (χ0n) is 9.01. The van der Waals surface area contributed by atoms with E-state index in [-0.39, 0.29) is 12.5 Å². The summed E-state index contributed by atoms with van der Waals surface area (Å²) in [5.74, 6) is -0.294. The lowest BCUT2D eigenvalue weighted by Gasteiger charge is -2.01. The van der Waals surface area contributed by atoms with Crippen molar-refractivity contribution < 1.29 is 14.6 Å². The van der Waals surface area contributed by atoms with Crippen molar-refractivity contribution in [3.05, 3.63) is 35.4 Å². The highest BCUT2D eigenvalue weighted by Crippen LogP contribution is 2.15. The van der Waals surface area contributed by atoms with E-state index in [0.29, 0.717) is 12.5 Å². The fourth-order valence-electron chi connectivity index (χ4n) is 1.66. The van der Waals surface area contributed by atoms with E-state index in [1.807, 2.05) is 31.2 Å². The molecule has 0 bridgehead atoms. The van der Waals surface area contributed by atoms with Crippen LogP contribution in [0, 0.1) is 6.92 Å². The van der Waals surface area contributed by atoms with Crippen molar-refractivity contribution in [2.45, 2.75) is 19.4 Å². The molecule has 1 unspecified atom stereocenters. The fraction of sp³-hybridized carbons (Fsp3) is 0.333.